The summed E-state index contributed by atoms with van der Waals surface area (Å²) in [6.07, 6.45) is 0. The zero-order valence-corrected chi connectivity index (χ0v) is 7.39. The number of rotatable bonds is 4. The first-order chi connectivity index (χ1) is 4.57. The smallest absolute Gasteiger partial charge is 0.0582 e. The lowest BCUT2D eigenvalue weighted by molar-refractivity contribution is 0.233. The van der Waals surface area contributed by atoms with Crippen LogP contribution >= 0.6 is 0 Å². The summed E-state index contributed by atoms with van der Waals surface area (Å²) in [4.78, 5) is 0. The van der Waals surface area contributed by atoms with Gasteiger partial charge in [-0.15, -0.1) is 0 Å². The van der Waals surface area contributed by atoms with Gasteiger partial charge in [-0.25, -0.2) is 0 Å². The third-order valence-corrected chi connectivity index (χ3v) is 1.82. The molecular weight excluding hydrogens is 126 g/mol. The molecule has 0 rings (SSSR count). The Bertz CT molecular complexity index is 83.3. The largest absolute Gasteiger partial charge is 0.395 e. The summed E-state index contributed by atoms with van der Waals surface area (Å²) in [5, 5.41) is 12.0. The maximum absolute atomic E-state index is 8.70. The van der Waals surface area contributed by atoms with Crippen molar-refractivity contribution in [2.45, 2.75) is 39.8 Å². The van der Waals surface area contributed by atoms with Gasteiger partial charge in [0, 0.05) is 12.1 Å². The van der Waals surface area contributed by atoms with Gasteiger partial charge in [0.1, 0.15) is 0 Å². The van der Waals surface area contributed by atoms with E-state index >= 15 is 0 Å². The molecule has 0 saturated carbocycles. The lowest BCUT2D eigenvalue weighted by Crippen LogP contribution is -2.39. The van der Waals surface area contributed by atoms with Gasteiger partial charge in [0.25, 0.3) is 0 Å². The standard InChI is InChI=1S/C8H19NO/c1-6(2)8(4)9-7(3)5-10/h6-10H,5H2,1-4H3/t7-,8-/m1/s1. The first kappa shape index (κ1) is 9.92. The van der Waals surface area contributed by atoms with Crippen LogP contribution in [0.15, 0.2) is 0 Å². The molecule has 2 heteroatoms. The molecule has 0 bridgehead atoms. The molecule has 2 N–H and O–H groups in total. The molecule has 0 radical (unpaired) electrons. The third kappa shape index (κ3) is 3.85. The first-order valence-corrected chi connectivity index (χ1v) is 3.94. The second-order valence-corrected chi connectivity index (χ2v) is 3.28. The normalized spacial score (nSPS) is 17.4. The Morgan fingerprint density at radius 1 is 1.20 bits per heavy atom. The molecule has 0 saturated heterocycles. The van der Waals surface area contributed by atoms with Gasteiger partial charge in [-0.3, -0.25) is 0 Å². The van der Waals surface area contributed by atoms with Gasteiger partial charge in [0.15, 0.2) is 0 Å². The van der Waals surface area contributed by atoms with Crippen LogP contribution in [-0.4, -0.2) is 23.8 Å². The van der Waals surface area contributed by atoms with Crippen LogP contribution in [0.25, 0.3) is 0 Å². The topological polar surface area (TPSA) is 32.3 Å². The molecule has 0 fully saturated rings. The Labute approximate surface area is 63.6 Å². The van der Waals surface area contributed by atoms with Crippen LogP contribution in [0.4, 0.5) is 0 Å². The van der Waals surface area contributed by atoms with Crippen molar-refractivity contribution in [1.82, 2.24) is 5.32 Å². The van der Waals surface area contributed by atoms with E-state index in [1.54, 1.807) is 0 Å². The van der Waals surface area contributed by atoms with E-state index in [9.17, 15) is 0 Å². The molecule has 0 aliphatic carbocycles. The summed E-state index contributed by atoms with van der Waals surface area (Å²) < 4.78 is 0. The molecule has 0 spiro atoms. The van der Waals surface area contributed by atoms with Crippen molar-refractivity contribution in [3.8, 4) is 0 Å². The van der Waals surface area contributed by atoms with Crippen LogP contribution < -0.4 is 5.32 Å². The Morgan fingerprint density at radius 2 is 1.70 bits per heavy atom. The summed E-state index contributed by atoms with van der Waals surface area (Å²) in [6, 6.07) is 0.708. The van der Waals surface area contributed by atoms with Gasteiger partial charge < -0.3 is 10.4 Å². The molecule has 10 heavy (non-hydrogen) atoms. The van der Waals surface area contributed by atoms with Crippen LogP contribution in [0.1, 0.15) is 27.7 Å². The third-order valence-electron chi connectivity index (χ3n) is 1.82. The monoisotopic (exact) mass is 145 g/mol. The SMILES string of the molecule is CC(C)[C@@H](C)N[C@H](C)CO. The quantitative estimate of drug-likeness (QED) is 0.618. The van der Waals surface area contributed by atoms with Gasteiger partial charge in [0.2, 0.25) is 0 Å². The number of nitrogens with one attached hydrogen (secondary N) is 1. The highest BCUT2D eigenvalue weighted by Crippen LogP contribution is 2.00. The first-order valence-electron chi connectivity index (χ1n) is 3.94. The van der Waals surface area contributed by atoms with Crippen LogP contribution in [-0.2, 0) is 0 Å². The fourth-order valence-electron chi connectivity index (χ4n) is 0.694. The van der Waals surface area contributed by atoms with Crippen LogP contribution in [0, 0.1) is 5.92 Å². The fraction of sp³-hybridized carbons (Fsp3) is 1.00. The molecule has 62 valence electrons. The molecule has 0 heterocycles. The summed E-state index contributed by atoms with van der Waals surface area (Å²) in [6.45, 7) is 8.68. The van der Waals surface area contributed by atoms with E-state index in [0.717, 1.165) is 0 Å². The second-order valence-electron chi connectivity index (χ2n) is 3.28. The highest BCUT2D eigenvalue weighted by molar-refractivity contribution is 4.68. The maximum Gasteiger partial charge on any atom is 0.0582 e. The number of hydrogen-bond acceptors (Lipinski definition) is 2. The van der Waals surface area contributed by atoms with Crippen molar-refractivity contribution in [2.24, 2.45) is 5.92 Å². The van der Waals surface area contributed by atoms with Gasteiger partial charge in [0.05, 0.1) is 6.61 Å². The van der Waals surface area contributed by atoms with Gasteiger partial charge in [-0.2, -0.15) is 0 Å². The summed E-state index contributed by atoms with van der Waals surface area (Å²) >= 11 is 0. The predicted octanol–water partition coefficient (Wildman–Crippen LogP) is 1.00. The molecule has 0 amide bonds. The van der Waals surface area contributed by atoms with E-state index in [2.05, 4.69) is 26.1 Å². The van der Waals surface area contributed by atoms with Crippen molar-refractivity contribution in [2.75, 3.05) is 6.61 Å². The number of aliphatic hydroxyl groups is 1. The molecule has 0 aromatic rings. The lowest BCUT2D eigenvalue weighted by atomic mass is 10.1. The van der Waals surface area contributed by atoms with Crippen LogP contribution in [0.5, 0.6) is 0 Å². The zero-order chi connectivity index (χ0) is 8.15. The molecule has 0 aliphatic rings. The van der Waals surface area contributed by atoms with Crippen LogP contribution in [0.2, 0.25) is 0 Å². The molecule has 2 nitrogen and oxygen atoms in total. The fourth-order valence-corrected chi connectivity index (χ4v) is 0.694. The van der Waals surface area contributed by atoms with Gasteiger partial charge in [-0.1, -0.05) is 13.8 Å². The highest BCUT2D eigenvalue weighted by atomic mass is 16.3. The van der Waals surface area contributed by atoms with Crippen molar-refractivity contribution in [3.63, 3.8) is 0 Å². The molecule has 0 aromatic heterocycles. The van der Waals surface area contributed by atoms with Crippen molar-refractivity contribution in [1.29, 1.82) is 0 Å². The van der Waals surface area contributed by atoms with Crippen molar-refractivity contribution in [3.05, 3.63) is 0 Å². The average molecular weight is 145 g/mol. The Balaban J connectivity index is 3.46. The summed E-state index contributed by atoms with van der Waals surface area (Å²) in [7, 11) is 0. The Hall–Kier alpha value is -0.0800. The summed E-state index contributed by atoms with van der Waals surface area (Å²) in [5.74, 6) is 0.633. The molecule has 2 atom stereocenters. The maximum atomic E-state index is 8.70. The molecule has 0 aromatic carbocycles. The minimum Gasteiger partial charge on any atom is -0.395 e. The minimum atomic E-state index is 0.219. The number of aliphatic hydroxyl groups excluding tert-OH is 1. The molecular formula is C8H19NO. The Kier molecular flexibility index (Phi) is 4.65. The van der Waals surface area contributed by atoms with E-state index in [0.29, 0.717) is 12.0 Å². The molecule has 0 unspecified atom stereocenters. The summed E-state index contributed by atoms with van der Waals surface area (Å²) in [5.41, 5.74) is 0. The number of hydrogen-bond donors (Lipinski definition) is 2. The molecule has 0 aliphatic heterocycles. The lowest BCUT2D eigenvalue weighted by Gasteiger charge is -2.21. The van der Waals surface area contributed by atoms with E-state index in [1.807, 2.05) is 6.92 Å². The van der Waals surface area contributed by atoms with Crippen molar-refractivity contribution >= 4 is 0 Å². The van der Waals surface area contributed by atoms with Crippen LogP contribution in [0.3, 0.4) is 0 Å². The van der Waals surface area contributed by atoms with Gasteiger partial charge in [-0.05, 0) is 19.8 Å². The van der Waals surface area contributed by atoms with E-state index < -0.39 is 0 Å². The zero-order valence-electron chi connectivity index (χ0n) is 7.39. The average Bonchev–Trinajstić information content (AvgIpc) is 1.87. The minimum absolute atomic E-state index is 0.219. The van der Waals surface area contributed by atoms with Crippen molar-refractivity contribution < 1.29 is 5.11 Å². The van der Waals surface area contributed by atoms with E-state index in [4.69, 9.17) is 5.11 Å². The predicted molar refractivity (Wildman–Crippen MR) is 44.0 cm³/mol. The van der Waals surface area contributed by atoms with E-state index in [1.165, 1.54) is 0 Å². The Morgan fingerprint density at radius 3 is 2.00 bits per heavy atom. The highest BCUT2D eigenvalue weighted by Gasteiger charge is 2.08. The van der Waals surface area contributed by atoms with Gasteiger partial charge >= 0.3 is 0 Å². The second kappa shape index (κ2) is 4.69. The van der Waals surface area contributed by atoms with E-state index in [-0.39, 0.29) is 12.6 Å².